The van der Waals surface area contributed by atoms with E-state index < -0.39 is 23.9 Å². The fourth-order valence-electron chi connectivity index (χ4n) is 2.08. The molecular formula is C17H10F5N3O2S. The number of halogens is 5. The first kappa shape index (κ1) is 19.5. The number of rotatable bonds is 5. The van der Waals surface area contributed by atoms with Gasteiger partial charge in [-0.2, -0.15) is 0 Å². The third-order valence-corrected chi connectivity index (χ3v) is 4.01. The molecule has 5 nitrogen and oxygen atoms in total. The van der Waals surface area contributed by atoms with E-state index in [-0.39, 0.29) is 22.3 Å². The molecule has 2 N–H and O–H groups in total. The molecular weight excluding hydrogens is 405 g/mol. The number of hydrogen-bond acceptors (Lipinski definition) is 5. The first-order chi connectivity index (χ1) is 13.2. The summed E-state index contributed by atoms with van der Waals surface area (Å²) in [5, 5.41) is 6.68. The Kier molecular flexibility index (Phi) is 5.45. The van der Waals surface area contributed by atoms with E-state index in [1.165, 1.54) is 17.5 Å². The van der Waals surface area contributed by atoms with Crippen LogP contribution in [0, 0.1) is 11.6 Å². The molecule has 1 aromatic heterocycles. The number of aromatic nitrogens is 1. The van der Waals surface area contributed by atoms with Gasteiger partial charge in [0.2, 0.25) is 0 Å². The molecule has 1 heterocycles. The van der Waals surface area contributed by atoms with E-state index in [9.17, 15) is 26.7 Å². The predicted molar refractivity (Wildman–Crippen MR) is 92.8 cm³/mol. The van der Waals surface area contributed by atoms with Crippen molar-refractivity contribution in [3.05, 3.63) is 65.2 Å². The second-order valence-electron chi connectivity index (χ2n) is 5.31. The fraction of sp³-hybridized carbons (Fsp3) is 0.0588. The van der Waals surface area contributed by atoms with E-state index in [0.717, 1.165) is 41.7 Å². The number of hydrogen-bond donors (Lipinski definition) is 2. The van der Waals surface area contributed by atoms with Crippen molar-refractivity contribution in [1.82, 2.24) is 4.98 Å². The van der Waals surface area contributed by atoms with Crippen molar-refractivity contribution < 1.29 is 31.5 Å². The largest absolute Gasteiger partial charge is 0.573 e. The lowest BCUT2D eigenvalue weighted by atomic mass is 10.3. The van der Waals surface area contributed by atoms with E-state index >= 15 is 0 Å². The minimum Gasteiger partial charge on any atom is -0.406 e. The molecule has 28 heavy (non-hydrogen) atoms. The smallest absolute Gasteiger partial charge is 0.406 e. The quantitative estimate of drug-likeness (QED) is 0.554. The zero-order valence-corrected chi connectivity index (χ0v) is 14.5. The van der Waals surface area contributed by atoms with Gasteiger partial charge < -0.3 is 15.4 Å². The van der Waals surface area contributed by atoms with Gasteiger partial charge in [-0.1, -0.05) is 0 Å². The van der Waals surface area contributed by atoms with Crippen molar-refractivity contribution in [3.8, 4) is 5.75 Å². The molecule has 11 heteroatoms. The molecule has 0 fully saturated rings. The molecule has 2 aromatic carbocycles. The van der Waals surface area contributed by atoms with Gasteiger partial charge in [-0.15, -0.1) is 24.5 Å². The minimum atomic E-state index is -4.78. The highest BCUT2D eigenvalue weighted by atomic mass is 32.1. The van der Waals surface area contributed by atoms with Crippen molar-refractivity contribution in [2.75, 3.05) is 10.6 Å². The molecule has 3 rings (SSSR count). The van der Waals surface area contributed by atoms with Crippen LogP contribution in [-0.4, -0.2) is 17.3 Å². The van der Waals surface area contributed by atoms with Crippen LogP contribution in [0.3, 0.4) is 0 Å². The van der Waals surface area contributed by atoms with Crippen LogP contribution in [0.15, 0.2) is 47.8 Å². The number of benzene rings is 2. The van der Waals surface area contributed by atoms with Crippen LogP contribution in [0.2, 0.25) is 0 Å². The average molecular weight is 415 g/mol. The standard InChI is InChI=1S/C17H10F5N3O2S/c18-9-1-6-12(19)13(7-9)24-15(26)14-8-28-16(25-14)23-10-2-4-11(5-3-10)27-17(20,21)22/h1-8H,(H,23,25)(H,24,26). The number of ether oxygens (including phenoxy) is 1. The van der Waals surface area contributed by atoms with Crippen LogP contribution in [0.25, 0.3) is 0 Å². The molecule has 0 saturated heterocycles. The third kappa shape index (κ3) is 5.16. The minimum absolute atomic E-state index is 0.0480. The summed E-state index contributed by atoms with van der Waals surface area (Å²) in [5.74, 6) is -2.64. The number of thiazole rings is 1. The van der Waals surface area contributed by atoms with E-state index in [4.69, 9.17) is 0 Å². The maximum atomic E-state index is 13.6. The number of carbonyl (C=O) groups excluding carboxylic acids is 1. The Balaban J connectivity index is 1.65. The van der Waals surface area contributed by atoms with Gasteiger partial charge in [-0.05, 0) is 36.4 Å². The fourth-order valence-corrected chi connectivity index (χ4v) is 2.79. The number of nitrogens with one attached hydrogen (secondary N) is 2. The first-order valence-electron chi connectivity index (χ1n) is 7.54. The Hall–Kier alpha value is -3.21. The molecule has 0 aliphatic heterocycles. The van der Waals surface area contributed by atoms with Gasteiger partial charge in [0.05, 0.1) is 5.69 Å². The van der Waals surface area contributed by atoms with E-state index in [2.05, 4.69) is 20.4 Å². The second-order valence-corrected chi connectivity index (χ2v) is 6.17. The monoisotopic (exact) mass is 415 g/mol. The average Bonchev–Trinajstić information content (AvgIpc) is 3.07. The van der Waals surface area contributed by atoms with Crippen molar-refractivity contribution in [1.29, 1.82) is 0 Å². The topological polar surface area (TPSA) is 63.2 Å². The molecule has 0 unspecified atom stereocenters. The Morgan fingerprint density at radius 3 is 2.46 bits per heavy atom. The summed E-state index contributed by atoms with van der Waals surface area (Å²) in [5.41, 5.74) is 0.0351. The summed E-state index contributed by atoms with van der Waals surface area (Å²) in [6.07, 6.45) is -4.78. The van der Waals surface area contributed by atoms with Crippen LogP contribution >= 0.6 is 11.3 Å². The van der Waals surface area contributed by atoms with Gasteiger partial charge in [-0.3, -0.25) is 4.79 Å². The summed E-state index contributed by atoms with van der Waals surface area (Å²) in [7, 11) is 0. The normalized spacial score (nSPS) is 11.2. The van der Waals surface area contributed by atoms with Gasteiger partial charge in [-0.25, -0.2) is 13.8 Å². The molecule has 0 saturated carbocycles. The molecule has 3 aromatic rings. The van der Waals surface area contributed by atoms with Crippen molar-refractivity contribution in [2.45, 2.75) is 6.36 Å². The van der Waals surface area contributed by atoms with Gasteiger partial charge >= 0.3 is 6.36 Å². The first-order valence-corrected chi connectivity index (χ1v) is 8.42. The molecule has 146 valence electrons. The van der Waals surface area contributed by atoms with E-state index in [1.54, 1.807) is 0 Å². The molecule has 0 radical (unpaired) electrons. The zero-order chi connectivity index (χ0) is 20.3. The summed E-state index contributed by atoms with van der Waals surface area (Å²) in [6.45, 7) is 0. The third-order valence-electron chi connectivity index (χ3n) is 3.25. The lowest BCUT2D eigenvalue weighted by molar-refractivity contribution is -0.274. The van der Waals surface area contributed by atoms with Crippen LogP contribution in [0.1, 0.15) is 10.5 Å². The van der Waals surface area contributed by atoms with Gasteiger partial charge in [0, 0.05) is 17.1 Å². The summed E-state index contributed by atoms with van der Waals surface area (Å²) < 4.78 is 66.9. The summed E-state index contributed by atoms with van der Waals surface area (Å²) in [6, 6.07) is 7.54. The molecule has 0 bridgehead atoms. The second kappa shape index (κ2) is 7.80. The Morgan fingerprint density at radius 2 is 1.79 bits per heavy atom. The molecule has 0 aliphatic carbocycles. The Labute approximate surface area is 158 Å². The van der Waals surface area contributed by atoms with Gasteiger partial charge in [0.1, 0.15) is 23.1 Å². The molecule has 0 spiro atoms. The maximum Gasteiger partial charge on any atom is 0.573 e. The van der Waals surface area contributed by atoms with Crippen molar-refractivity contribution in [3.63, 3.8) is 0 Å². The zero-order valence-electron chi connectivity index (χ0n) is 13.7. The Bertz CT molecular complexity index is 989. The van der Waals surface area contributed by atoms with E-state index in [0.29, 0.717) is 5.69 Å². The molecule has 1 amide bonds. The van der Waals surface area contributed by atoms with Gasteiger partial charge in [0.15, 0.2) is 5.13 Å². The number of amides is 1. The van der Waals surface area contributed by atoms with Crippen molar-refractivity contribution >= 4 is 33.8 Å². The number of nitrogens with zero attached hydrogens (tertiary/aromatic N) is 1. The van der Waals surface area contributed by atoms with Crippen LogP contribution in [0.4, 0.5) is 38.5 Å². The number of alkyl halides is 3. The van der Waals surface area contributed by atoms with Crippen LogP contribution in [-0.2, 0) is 0 Å². The maximum absolute atomic E-state index is 13.6. The summed E-state index contributed by atoms with van der Waals surface area (Å²) >= 11 is 1.04. The highest BCUT2D eigenvalue weighted by Crippen LogP contribution is 2.26. The summed E-state index contributed by atoms with van der Waals surface area (Å²) in [4.78, 5) is 16.1. The van der Waals surface area contributed by atoms with E-state index in [1.807, 2.05) is 0 Å². The highest BCUT2D eigenvalue weighted by molar-refractivity contribution is 7.14. The van der Waals surface area contributed by atoms with Crippen LogP contribution < -0.4 is 15.4 Å². The number of carbonyl (C=O) groups is 1. The molecule has 0 atom stereocenters. The van der Waals surface area contributed by atoms with Gasteiger partial charge in [0.25, 0.3) is 5.91 Å². The SMILES string of the molecule is O=C(Nc1cc(F)ccc1F)c1csc(Nc2ccc(OC(F)(F)F)cc2)n1. The number of anilines is 3. The lowest BCUT2D eigenvalue weighted by Gasteiger charge is -2.09. The highest BCUT2D eigenvalue weighted by Gasteiger charge is 2.30. The Morgan fingerprint density at radius 1 is 1.07 bits per heavy atom. The van der Waals surface area contributed by atoms with Crippen molar-refractivity contribution in [2.24, 2.45) is 0 Å². The predicted octanol–water partition coefficient (Wildman–Crippen LogP) is 5.32. The molecule has 0 aliphatic rings. The van der Waals surface area contributed by atoms with Crippen LogP contribution in [0.5, 0.6) is 5.75 Å². The lowest BCUT2D eigenvalue weighted by Crippen LogP contribution is -2.16.